The van der Waals surface area contributed by atoms with E-state index in [0.29, 0.717) is 5.56 Å². The van der Waals surface area contributed by atoms with Crippen molar-refractivity contribution in [2.45, 2.75) is 0 Å². The van der Waals surface area contributed by atoms with Crippen LogP contribution in [0.15, 0.2) is 53.3 Å². The second-order valence-electron chi connectivity index (χ2n) is 4.72. The summed E-state index contributed by atoms with van der Waals surface area (Å²) in [6.07, 6.45) is 2.93. The van der Waals surface area contributed by atoms with E-state index in [1.807, 2.05) is 0 Å². The van der Waals surface area contributed by atoms with Crippen LogP contribution >= 0.6 is 0 Å². The number of benzene rings is 1. The Balaban J connectivity index is 1.98. The predicted molar refractivity (Wildman–Crippen MR) is 81.0 cm³/mol. The topological polar surface area (TPSA) is 105 Å². The lowest BCUT2D eigenvalue weighted by atomic mass is 10.1. The zero-order chi connectivity index (χ0) is 17.1. The number of nitrogens with one attached hydrogen (secondary N) is 1. The van der Waals surface area contributed by atoms with Crippen molar-refractivity contribution in [1.29, 1.82) is 0 Å². The van der Waals surface area contributed by atoms with Gasteiger partial charge in [0.15, 0.2) is 5.56 Å². The first-order valence-corrected chi connectivity index (χ1v) is 6.77. The number of aromatic carboxylic acids is 1. The number of anilines is 1. The Bertz CT molecular complexity index is 909. The van der Waals surface area contributed by atoms with Gasteiger partial charge < -0.3 is 9.63 Å². The molecule has 0 aliphatic rings. The van der Waals surface area contributed by atoms with Crippen molar-refractivity contribution in [3.8, 4) is 11.3 Å². The molecule has 0 saturated heterocycles. The summed E-state index contributed by atoms with van der Waals surface area (Å²) in [5.74, 6) is -3.31. The van der Waals surface area contributed by atoms with Crippen molar-refractivity contribution in [2.24, 2.45) is 0 Å². The molecule has 0 radical (unpaired) electrons. The smallest absolute Gasteiger partial charge is 0.343 e. The summed E-state index contributed by atoms with van der Waals surface area (Å²) < 4.78 is 18.6. The highest BCUT2D eigenvalue weighted by Crippen LogP contribution is 2.28. The molecule has 0 aliphatic carbocycles. The van der Waals surface area contributed by atoms with Gasteiger partial charge in [-0.2, -0.15) is 0 Å². The van der Waals surface area contributed by atoms with Gasteiger partial charge in [0.1, 0.15) is 11.5 Å². The van der Waals surface area contributed by atoms with Gasteiger partial charge in [-0.05, 0) is 24.3 Å². The van der Waals surface area contributed by atoms with E-state index >= 15 is 0 Å². The highest BCUT2D eigenvalue weighted by atomic mass is 19.1. The minimum Gasteiger partial charge on any atom is -0.477 e. The zero-order valence-corrected chi connectivity index (χ0v) is 12.1. The van der Waals surface area contributed by atoms with Gasteiger partial charge in [0.2, 0.25) is 5.88 Å². The molecule has 120 valence electrons. The van der Waals surface area contributed by atoms with Crippen LogP contribution in [0.3, 0.4) is 0 Å². The summed E-state index contributed by atoms with van der Waals surface area (Å²) in [5, 5.41) is 15.3. The van der Waals surface area contributed by atoms with Crippen molar-refractivity contribution in [2.75, 3.05) is 5.32 Å². The first kappa shape index (κ1) is 15.3. The van der Waals surface area contributed by atoms with Gasteiger partial charge in [0, 0.05) is 18.0 Å². The number of carboxylic acids is 1. The van der Waals surface area contributed by atoms with Gasteiger partial charge in [-0.15, -0.1) is 0 Å². The molecule has 3 rings (SSSR count). The molecular formula is C16H10FN3O4. The number of carbonyl (C=O) groups is 2. The molecule has 7 nitrogen and oxygen atoms in total. The van der Waals surface area contributed by atoms with Crippen molar-refractivity contribution in [3.05, 3.63) is 65.7 Å². The fourth-order valence-electron chi connectivity index (χ4n) is 2.09. The molecule has 2 aromatic heterocycles. The number of rotatable bonds is 4. The minimum absolute atomic E-state index is 0.0134. The van der Waals surface area contributed by atoms with E-state index in [1.165, 1.54) is 30.6 Å². The van der Waals surface area contributed by atoms with Crippen LogP contribution in [0.4, 0.5) is 10.3 Å². The van der Waals surface area contributed by atoms with Gasteiger partial charge in [0.25, 0.3) is 5.91 Å². The molecule has 2 N–H and O–H groups in total. The van der Waals surface area contributed by atoms with Crippen LogP contribution in [0.25, 0.3) is 11.3 Å². The second kappa shape index (κ2) is 6.29. The predicted octanol–water partition coefficient (Wildman–Crippen LogP) is 2.83. The number of amides is 1. The molecule has 0 atom stereocenters. The number of carbonyl (C=O) groups excluding carboxylic acids is 1. The normalized spacial score (nSPS) is 10.4. The highest BCUT2D eigenvalue weighted by molar-refractivity contribution is 6.08. The Morgan fingerprint density at radius 1 is 1.17 bits per heavy atom. The molecule has 0 unspecified atom stereocenters. The van der Waals surface area contributed by atoms with E-state index in [1.54, 1.807) is 12.1 Å². The van der Waals surface area contributed by atoms with Crippen LogP contribution in [0, 0.1) is 5.82 Å². The molecule has 0 fully saturated rings. The van der Waals surface area contributed by atoms with E-state index in [0.717, 1.165) is 6.07 Å². The summed E-state index contributed by atoms with van der Waals surface area (Å²) in [5.41, 5.74) is -0.162. The van der Waals surface area contributed by atoms with Crippen LogP contribution < -0.4 is 5.32 Å². The highest BCUT2D eigenvalue weighted by Gasteiger charge is 2.26. The Labute approximate surface area is 134 Å². The molecule has 0 bridgehead atoms. The number of aromatic nitrogens is 2. The van der Waals surface area contributed by atoms with Gasteiger partial charge in [-0.1, -0.05) is 17.3 Å². The maximum absolute atomic E-state index is 13.6. The second-order valence-corrected chi connectivity index (χ2v) is 4.72. The SMILES string of the molecule is O=C(Nc1onc(-c2cccnc2)c1C(=O)O)c1ccccc1F. The van der Waals surface area contributed by atoms with Crippen LogP contribution in [-0.4, -0.2) is 27.1 Å². The van der Waals surface area contributed by atoms with E-state index in [2.05, 4.69) is 15.5 Å². The molecule has 1 amide bonds. The van der Waals surface area contributed by atoms with Gasteiger partial charge in [0.05, 0.1) is 5.56 Å². The van der Waals surface area contributed by atoms with Gasteiger partial charge in [-0.25, -0.2) is 9.18 Å². The Kier molecular flexibility index (Phi) is 4.02. The molecule has 8 heteroatoms. The van der Waals surface area contributed by atoms with Crippen LogP contribution in [0.1, 0.15) is 20.7 Å². The Hall–Kier alpha value is -3.55. The summed E-state index contributed by atoms with van der Waals surface area (Å²) in [4.78, 5) is 27.5. The largest absolute Gasteiger partial charge is 0.477 e. The van der Waals surface area contributed by atoms with Crippen molar-refractivity contribution < 1.29 is 23.6 Å². The van der Waals surface area contributed by atoms with E-state index in [-0.39, 0.29) is 22.7 Å². The first-order chi connectivity index (χ1) is 11.6. The average molecular weight is 327 g/mol. The molecule has 0 aliphatic heterocycles. The van der Waals surface area contributed by atoms with E-state index in [4.69, 9.17) is 4.52 Å². The quantitative estimate of drug-likeness (QED) is 0.763. The summed E-state index contributed by atoms with van der Waals surface area (Å²) in [6, 6.07) is 8.51. The molecule has 0 saturated carbocycles. The molecule has 2 heterocycles. The maximum atomic E-state index is 13.6. The fourth-order valence-corrected chi connectivity index (χ4v) is 2.09. The van der Waals surface area contributed by atoms with E-state index in [9.17, 15) is 19.1 Å². The lowest BCUT2D eigenvalue weighted by molar-refractivity contribution is 0.0698. The summed E-state index contributed by atoms with van der Waals surface area (Å²) in [6.45, 7) is 0. The fraction of sp³-hybridized carbons (Fsp3) is 0. The van der Waals surface area contributed by atoms with Gasteiger partial charge in [-0.3, -0.25) is 15.1 Å². The van der Waals surface area contributed by atoms with Crippen LogP contribution in [-0.2, 0) is 0 Å². The third kappa shape index (κ3) is 2.84. The summed E-state index contributed by atoms with van der Waals surface area (Å²) >= 11 is 0. The first-order valence-electron chi connectivity index (χ1n) is 6.77. The number of nitrogens with zero attached hydrogens (tertiary/aromatic N) is 2. The average Bonchev–Trinajstić information content (AvgIpc) is 2.99. The molecule has 24 heavy (non-hydrogen) atoms. The third-order valence-electron chi connectivity index (χ3n) is 3.19. The standard InChI is InChI=1S/C16H10FN3O4/c17-11-6-2-1-5-10(11)14(21)19-15-12(16(22)23)13(20-24-15)9-4-3-7-18-8-9/h1-8H,(H,19,21)(H,22,23). The Morgan fingerprint density at radius 3 is 2.62 bits per heavy atom. The summed E-state index contributed by atoms with van der Waals surface area (Å²) in [7, 11) is 0. The third-order valence-corrected chi connectivity index (χ3v) is 3.19. The van der Waals surface area contributed by atoms with Gasteiger partial charge >= 0.3 is 5.97 Å². The monoisotopic (exact) mass is 327 g/mol. The molecule has 3 aromatic rings. The number of halogens is 1. The number of hydrogen-bond donors (Lipinski definition) is 2. The lowest BCUT2D eigenvalue weighted by Gasteiger charge is -2.03. The Morgan fingerprint density at radius 2 is 1.96 bits per heavy atom. The van der Waals surface area contributed by atoms with Crippen LogP contribution in [0.2, 0.25) is 0 Å². The van der Waals surface area contributed by atoms with Crippen molar-refractivity contribution in [1.82, 2.24) is 10.1 Å². The lowest BCUT2D eigenvalue weighted by Crippen LogP contribution is -2.15. The van der Waals surface area contributed by atoms with Crippen LogP contribution in [0.5, 0.6) is 0 Å². The zero-order valence-electron chi connectivity index (χ0n) is 12.1. The molecular weight excluding hydrogens is 317 g/mol. The number of pyridine rings is 1. The molecule has 1 aromatic carbocycles. The number of hydrogen-bond acceptors (Lipinski definition) is 5. The van der Waals surface area contributed by atoms with Crippen molar-refractivity contribution >= 4 is 17.8 Å². The van der Waals surface area contributed by atoms with Crippen molar-refractivity contribution in [3.63, 3.8) is 0 Å². The minimum atomic E-state index is -1.35. The molecule has 0 spiro atoms. The number of carboxylic acid groups (broad SMARTS) is 1. The van der Waals surface area contributed by atoms with E-state index < -0.39 is 17.7 Å². The maximum Gasteiger partial charge on any atom is 0.343 e.